The van der Waals surface area contributed by atoms with Crippen molar-refractivity contribution in [2.75, 3.05) is 0 Å². The van der Waals surface area contributed by atoms with Crippen molar-refractivity contribution in [2.24, 2.45) is 5.41 Å². The molecule has 1 aromatic heterocycles. The number of H-pyrrole nitrogens is 1. The summed E-state index contributed by atoms with van der Waals surface area (Å²) in [6.45, 7) is 10.9. The highest BCUT2D eigenvalue weighted by molar-refractivity contribution is 5.03. The first-order valence-electron chi connectivity index (χ1n) is 4.27. The molecule has 0 bridgehead atoms. The number of hydrogen-bond donors (Lipinski definition) is 2. The lowest BCUT2D eigenvalue weighted by Crippen LogP contribution is -2.23. The summed E-state index contributed by atoms with van der Waals surface area (Å²) in [6.07, 6.45) is 1.50. The van der Waals surface area contributed by atoms with Crippen molar-refractivity contribution in [3.05, 3.63) is 24.4 Å². The van der Waals surface area contributed by atoms with Gasteiger partial charge in [-0.25, -0.2) is 4.98 Å². The van der Waals surface area contributed by atoms with Gasteiger partial charge in [-0.2, -0.15) is 5.10 Å². The number of aromatic nitrogens is 3. The molecular weight excluding hydrogens is 164 g/mol. The van der Waals surface area contributed by atoms with Crippen LogP contribution in [0.3, 0.4) is 0 Å². The second kappa shape index (κ2) is 3.60. The minimum absolute atomic E-state index is 0.0834. The summed E-state index contributed by atoms with van der Waals surface area (Å²) < 4.78 is 0. The summed E-state index contributed by atoms with van der Waals surface area (Å²) >= 11 is 0. The van der Waals surface area contributed by atoms with Crippen LogP contribution in [0, 0.1) is 5.41 Å². The van der Waals surface area contributed by atoms with Crippen molar-refractivity contribution in [1.29, 1.82) is 0 Å². The summed E-state index contributed by atoms with van der Waals surface area (Å²) in [5, 5.41) is 9.73. The average Bonchev–Trinajstić information content (AvgIpc) is 2.50. The maximum atomic E-state index is 4.00. The number of nitrogens with one attached hydrogen (secondary N) is 2. The van der Waals surface area contributed by atoms with E-state index in [1.165, 1.54) is 6.33 Å². The minimum Gasteiger partial charge on any atom is -0.381 e. The van der Waals surface area contributed by atoms with Gasteiger partial charge in [-0.3, -0.25) is 5.10 Å². The van der Waals surface area contributed by atoms with Crippen LogP contribution in [0.2, 0.25) is 0 Å². The Kier molecular flexibility index (Phi) is 2.70. The summed E-state index contributed by atoms with van der Waals surface area (Å²) in [7, 11) is 0. The molecule has 0 atom stereocenters. The van der Waals surface area contributed by atoms with E-state index in [2.05, 4.69) is 47.8 Å². The lowest BCUT2D eigenvalue weighted by Gasteiger charge is -2.22. The Bertz CT molecular complexity index is 268. The fraction of sp³-hybridized carbons (Fsp3) is 0.556. The molecule has 1 aromatic rings. The highest BCUT2D eigenvalue weighted by Crippen LogP contribution is 2.20. The second-order valence-corrected chi connectivity index (χ2v) is 4.01. The van der Waals surface area contributed by atoms with Crippen LogP contribution in [0.15, 0.2) is 18.6 Å². The van der Waals surface area contributed by atoms with E-state index in [9.17, 15) is 0 Å². The number of hydrogen-bond acceptors (Lipinski definition) is 3. The van der Waals surface area contributed by atoms with E-state index in [4.69, 9.17) is 0 Å². The van der Waals surface area contributed by atoms with Crippen molar-refractivity contribution in [1.82, 2.24) is 20.5 Å². The lowest BCUT2D eigenvalue weighted by atomic mass is 9.93. The summed E-state index contributed by atoms with van der Waals surface area (Å²) in [5.74, 6) is 0.824. The van der Waals surface area contributed by atoms with Gasteiger partial charge in [0.25, 0.3) is 0 Å². The molecule has 0 aliphatic rings. The second-order valence-electron chi connectivity index (χ2n) is 4.01. The average molecular weight is 180 g/mol. The Morgan fingerprint density at radius 1 is 1.62 bits per heavy atom. The third-order valence-electron chi connectivity index (χ3n) is 1.84. The van der Waals surface area contributed by atoms with Gasteiger partial charge in [-0.1, -0.05) is 27.4 Å². The zero-order valence-electron chi connectivity index (χ0n) is 8.39. The van der Waals surface area contributed by atoms with Crippen molar-refractivity contribution in [2.45, 2.75) is 27.3 Å². The molecule has 0 fully saturated rings. The van der Waals surface area contributed by atoms with E-state index >= 15 is 0 Å². The Labute approximate surface area is 78.5 Å². The van der Waals surface area contributed by atoms with Gasteiger partial charge in [0.2, 0.25) is 0 Å². The van der Waals surface area contributed by atoms with Gasteiger partial charge in [-0.05, 0) is 0 Å². The van der Waals surface area contributed by atoms with Gasteiger partial charge in [0, 0.05) is 11.1 Å². The zero-order valence-corrected chi connectivity index (χ0v) is 8.39. The zero-order chi connectivity index (χ0) is 9.90. The van der Waals surface area contributed by atoms with Crippen LogP contribution < -0.4 is 5.32 Å². The maximum Gasteiger partial charge on any atom is 0.143 e. The quantitative estimate of drug-likeness (QED) is 0.740. The van der Waals surface area contributed by atoms with Gasteiger partial charge in [0.1, 0.15) is 12.2 Å². The molecule has 0 saturated carbocycles. The number of nitrogens with zero attached hydrogens (tertiary/aromatic N) is 2. The molecular formula is C9H16N4. The van der Waals surface area contributed by atoms with Crippen molar-refractivity contribution in [3.8, 4) is 0 Å². The first kappa shape index (κ1) is 9.77. The summed E-state index contributed by atoms with van der Waals surface area (Å²) in [6, 6.07) is 0. The molecule has 0 saturated heterocycles. The van der Waals surface area contributed by atoms with Crippen molar-refractivity contribution < 1.29 is 0 Å². The molecule has 0 unspecified atom stereocenters. The highest BCUT2D eigenvalue weighted by atomic mass is 15.2. The number of rotatable bonds is 3. The number of allylic oxidation sites excluding steroid dienone is 1. The fourth-order valence-electron chi connectivity index (χ4n) is 0.772. The largest absolute Gasteiger partial charge is 0.381 e. The molecule has 4 nitrogen and oxygen atoms in total. The Balaban J connectivity index is 2.40. The third-order valence-corrected chi connectivity index (χ3v) is 1.84. The molecule has 0 amide bonds. The summed E-state index contributed by atoms with van der Waals surface area (Å²) in [5.41, 5.74) is 1.09. The minimum atomic E-state index is 0.0834. The van der Waals surface area contributed by atoms with E-state index in [0.29, 0.717) is 6.54 Å². The summed E-state index contributed by atoms with van der Waals surface area (Å²) in [4.78, 5) is 4.00. The van der Waals surface area contributed by atoms with Gasteiger partial charge in [0.15, 0.2) is 0 Å². The SMILES string of the molecule is C=C(NCc1ncn[nH]1)C(C)(C)C. The molecule has 0 aromatic carbocycles. The first-order valence-corrected chi connectivity index (χ1v) is 4.27. The Morgan fingerprint density at radius 2 is 2.31 bits per heavy atom. The van der Waals surface area contributed by atoms with Crippen LogP contribution in [0.4, 0.5) is 0 Å². The molecule has 0 aliphatic heterocycles. The van der Waals surface area contributed by atoms with Gasteiger partial charge in [0.05, 0.1) is 6.54 Å². The normalized spacial score (nSPS) is 11.3. The van der Waals surface area contributed by atoms with Crippen LogP contribution in [-0.2, 0) is 6.54 Å². The standard InChI is InChI=1S/C9H16N4/c1-7(9(2,3)4)10-5-8-11-6-12-13-8/h6,10H,1,5H2,2-4H3,(H,11,12,13). The van der Waals surface area contributed by atoms with Crippen LogP contribution in [0.25, 0.3) is 0 Å². The van der Waals surface area contributed by atoms with Crippen LogP contribution in [0.1, 0.15) is 26.6 Å². The molecule has 0 aliphatic carbocycles. The first-order chi connectivity index (χ1) is 6.00. The van der Waals surface area contributed by atoms with E-state index in [-0.39, 0.29) is 5.41 Å². The van der Waals surface area contributed by atoms with Gasteiger partial charge < -0.3 is 5.32 Å². The molecule has 72 valence electrons. The third kappa shape index (κ3) is 2.89. The molecule has 2 N–H and O–H groups in total. The van der Waals surface area contributed by atoms with Gasteiger partial charge in [-0.15, -0.1) is 0 Å². The van der Waals surface area contributed by atoms with E-state index < -0.39 is 0 Å². The van der Waals surface area contributed by atoms with Crippen LogP contribution in [-0.4, -0.2) is 15.2 Å². The fourth-order valence-corrected chi connectivity index (χ4v) is 0.772. The molecule has 13 heavy (non-hydrogen) atoms. The molecule has 1 rings (SSSR count). The maximum absolute atomic E-state index is 4.00. The topological polar surface area (TPSA) is 53.6 Å². The van der Waals surface area contributed by atoms with E-state index in [0.717, 1.165) is 11.5 Å². The van der Waals surface area contributed by atoms with Crippen LogP contribution in [0.5, 0.6) is 0 Å². The van der Waals surface area contributed by atoms with Gasteiger partial charge >= 0.3 is 0 Å². The predicted octanol–water partition coefficient (Wildman–Crippen LogP) is 1.45. The van der Waals surface area contributed by atoms with Crippen molar-refractivity contribution >= 4 is 0 Å². The molecule has 0 spiro atoms. The molecule has 1 heterocycles. The number of aromatic amines is 1. The lowest BCUT2D eigenvalue weighted by molar-refractivity contribution is 0.459. The predicted molar refractivity (Wildman–Crippen MR) is 51.8 cm³/mol. The van der Waals surface area contributed by atoms with E-state index in [1.807, 2.05) is 0 Å². The van der Waals surface area contributed by atoms with E-state index in [1.54, 1.807) is 0 Å². The van der Waals surface area contributed by atoms with Crippen molar-refractivity contribution in [3.63, 3.8) is 0 Å². The van der Waals surface area contributed by atoms with Crippen LogP contribution >= 0.6 is 0 Å². The Hall–Kier alpha value is -1.32. The molecule has 0 radical (unpaired) electrons. The molecule has 4 heteroatoms. The monoisotopic (exact) mass is 180 g/mol. The Morgan fingerprint density at radius 3 is 2.77 bits per heavy atom. The highest BCUT2D eigenvalue weighted by Gasteiger charge is 2.14. The smallest absolute Gasteiger partial charge is 0.143 e.